The summed E-state index contributed by atoms with van der Waals surface area (Å²) in [6.07, 6.45) is 0. The molecule has 6 heteroatoms. The monoisotopic (exact) mass is 289 g/mol. The maximum absolute atomic E-state index is 6.03. The van der Waals surface area contributed by atoms with E-state index in [2.05, 4.69) is 22.7 Å². The molecule has 17 heavy (non-hydrogen) atoms. The number of hydrogen-bond acceptors (Lipinski definition) is 2. The van der Waals surface area contributed by atoms with Crippen LogP contribution in [0.15, 0.2) is 24.8 Å². The van der Waals surface area contributed by atoms with Crippen LogP contribution >= 0.6 is 35.4 Å². The summed E-state index contributed by atoms with van der Waals surface area (Å²) in [6, 6.07) is 5.17. The molecule has 3 N–H and O–H groups in total. The molecule has 0 fully saturated rings. The van der Waals surface area contributed by atoms with E-state index in [4.69, 9.17) is 35.4 Å². The molecule has 0 saturated carbocycles. The molecule has 0 spiro atoms. The van der Waals surface area contributed by atoms with E-state index in [1.54, 1.807) is 18.2 Å². The van der Waals surface area contributed by atoms with E-state index >= 15 is 0 Å². The third-order valence-corrected chi connectivity index (χ3v) is 2.73. The number of hydrazine groups is 1. The maximum atomic E-state index is 6.03. The van der Waals surface area contributed by atoms with E-state index in [1.165, 1.54) is 0 Å². The zero-order valence-corrected chi connectivity index (χ0v) is 11.6. The van der Waals surface area contributed by atoms with Gasteiger partial charge in [0.2, 0.25) is 0 Å². The first-order chi connectivity index (χ1) is 8.04. The molecule has 0 aromatic heterocycles. The van der Waals surface area contributed by atoms with Crippen molar-refractivity contribution < 1.29 is 0 Å². The molecule has 0 aliphatic heterocycles. The van der Waals surface area contributed by atoms with Gasteiger partial charge in [0.1, 0.15) is 0 Å². The molecule has 0 unspecified atom stereocenters. The van der Waals surface area contributed by atoms with Crippen LogP contribution in [0.25, 0.3) is 5.70 Å². The summed E-state index contributed by atoms with van der Waals surface area (Å²) < 4.78 is 0. The average molecular weight is 290 g/mol. The Labute approximate surface area is 116 Å². The highest BCUT2D eigenvalue weighted by molar-refractivity contribution is 7.80. The topological polar surface area (TPSA) is 36.1 Å². The van der Waals surface area contributed by atoms with E-state index in [0.717, 1.165) is 12.1 Å². The van der Waals surface area contributed by atoms with Gasteiger partial charge in [0, 0.05) is 17.1 Å². The zero-order valence-electron chi connectivity index (χ0n) is 9.31. The van der Waals surface area contributed by atoms with Crippen LogP contribution in [0.1, 0.15) is 12.5 Å². The van der Waals surface area contributed by atoms with Crippen LogP contribution in [0.4, 0.5) is 0 Å². The van der Waals surface area contributed by atoms with Crippen LogP contribution in [0.5, 0.6) is 0 Å². The van der Waals surface area contributed by atoms with Crippen molar-refractivity contribution in [3.63, 3.8) is 0 Å². The maximum Gasteiger partial charge on any atom is 0.185 e. The van der Waals surface area contributed by atoms with E-state index < -0.39 is 0 Å². The zero-order chi connectivity index (χ0) is 12.8. The summed E-state index contributed by atoms with van der Waals surface area (Å²) in [5, 5.41) is 4.60. The second-order valence-electron chi connectivity index (χ2n) is 3.21. The summed E-state index contributed by atoms with van der Waals surface area (Å²) in [4.78, 5) is 0. The summed E-state index contributed by atoms with van der Waals surface area (Å²) in [6.45, 7) is 6.56. The van der Waals surface area contributed by atoms with Crippen molar-refractivity contribution in [3.8, 4) is 0 Å². The molecular formula is C11H13Cl2N3S. The molecular weight excluding hydrogens is 277 g/mol. The van der Waals surface area contributed by atoms with Crippen LogP contribution in [-0.4, -0.2) is 11.7 Å². The molecule has 0 saturated heterocycles. The molecule has 3 nitrogen and oxygen atoms in total. The normalized spacial score (nSPS) is 9.59. The molecule has 1 aromatic carbocycles. The highest BCUT2D eigenvalue weighted by atomic mass is 35.5. The van der Waals surface area contributed by atoms with Crippen molar-refractivity contribution >= 4 is 46.2 Å². The average Bonchev–Trinajstić information content (AvgIpc) is 2.29. The molecule has 0 aliphatic rings. The minimum Gasteiger partial charge on any atom is -0.362 e. The largest absolute Gasteiger partial charge is 0.362 e. The van der Waals surface area contributed by atoms with Crippen molar-refractivity contribution in [2.45, 2.75) is 6.92 Å². The van der Waals surface area contributed by atoms with Crippen molar-refractivity contribution in [2.75, 3.05) is 6.54 Å². The quantitative estimate of drug-likeness (QED) is 0.588. The van der Waals surface area contributed by atoms with Gasteiger partial charge in [-0.25, -0.2) is 0 Å². The standard InChI is InChI=1S/C11H13Cl2N3S/c1-3-14-11(17)16-15-7(2)9-6-8(12)4-5-10(9)13/h4-6,15H,2-3H2,1H3,(H2,14,16,17). The highest BCUT2D eigenvalue weighted by Crippen LogP contribution is 2.24. The smallest absolute Gasteiger partial charge is 0.185 e. The van der Waals surface area contributed by atoms with Gasteiger partial charge in [0.15, 0.2) is 5.11 Å². The Bertz CT molecular complexity index is 435. The number of nitrogens with one attached hydrogen (secondary N) is 3. The van der Waals surface area contributed by atoms with Gasteiger partial charge < -0.3 is 5.32 Å². The van der Waals surface area contributed by atoms with Crippen molar-refractivity contribution in [3.05, 3.63) is 40.4 Å². The Morgan fingerprint density at radius 3 is 2.71 bits per heavy atom. The van der Waals surface area contributed by atoms with Crippen molar-refractivity contribution in [2.24, 2.45) is 0 Å². The molecule has 92 valence electrons. The first kappa shape index (κ1) is 14.1. The first-order valence-electron chi connectivity index (χ1n) is 4.98. The number of benzene rings is 1. The van der Waals surface area contributed by atoms with Gasteiger partial charge in [-0.2, -0.15) is 0 Å². The SMILES string of the molecule is C=C(NNC(=S)NCC)c1cc(Cl)ccc1Cl. The lowest BCUT2D eigenvalue weighted by molar-refractivity contribution is 0.803. The molecule has 0 aliphatic carbocycles. The van der Waals surface area contributed by atoms with Gasteiger partial charge in [-0.15, -0.1) is 0 Å². The fourth-order valence-electron chi connectivity index (χ4n) is 1.13. The van der Waals surface area contributed by atoms with Gasteiger partial charge >= 0.3 is 0 Å². The van der Waals surface area contributed by atoms with Crippen LogP contribution < -0.4 is 16.2 Å². The Morgan fingerprint density at radius 1 is 1.35 bits per heavy atom. The lowest BCUT2D eigenvalue weighted by Gasteiger charge is -2.14. The molecule has 1 rings (SSSR count). The van der Waals surface area contributed by atoms with Crippen LogP contribution in [0.2, 0.25) is 10.0 Å². The van der Waals surface area contributed by atoms with Gasteiger partial charge in [-0.3, -0.25) is 10.9 Å². The Hall–Kier alpha value is -0.970. The van der Waals surface area contributed by atoms with Crippen LogP contribution in [-0.2, 0) is 0 Å². The van der Waals surface area contributed by atoms with E-state index in [1.807, 2.05) is 6.92 Å². The lowest BCUT2D eigenvalue weighted by atomic mass is 10.2. The van der Waals surface area contributed by atoms with Crippen LogP contribution in [0.3, 0.4) is 0 Å². The van der Waals surface area contributed by atoms with Crippen LogP contribution in [0, 0.1) is 0 Å². The number of rotatable bonds is 4. The van der Waals surface area contributed by atoms with Crippen molar-refractivity contribution in [1.82, 2.24) is 16.2 Å². The third kappa shape index (κ3) is 4.42. The molecule has 0 amide bonds. The van der Waals surface area contributed by atoms with Gasteiger partial charge in [0.25, 0.3) is 0 Å². The van der Waals surface area contributed by atoms with E-state index in [-0.39, 0.29) is 0 Å². The van der Waals surface area contributed by atoms with Gasteiger partial charge in [-0.1, -0.05) is 29.8 Å². The molecule has 0 heterocycles. The second kappa shape index (κ2) is 6.69. The fraction of sp³-hybridized carbons (Fsp3) is 0.182. The summed E-state index contributed by atoms with van der Waals surface area (Å²) in [5.41, 5.74) is 6.98. The molecule has 0 radical (unpaired) electrons. The minimum atomic E-state index is 0.492. The third-order valence-electron chi connectivity index (χ3n) is 1.92. The Kier molecular flexibility index (Phi) is 5.55. The first-order valence-corrected chi connectivity index (χ1v) is 6.15. The lowest BCUT2D eigenvalue weighted by Crippen LogP contribution is -2.42. The highest BCUT2D eigenvalue weighted by Gasteiger charge is 2.05. The molecule has 0 atom stereocenters. The van der Waals surface area contributed by atoms with Gasteiger partial charge in [-0.05, 0) is 37.3 Å². The van der Waals surface area contributed by atoms with E-state index in [9.17, 15) is 0 Å². The minimum absolute atomic E-state index is 0.492. The van der Waals surface area contributed by atoms with E-state index in [0.29, 0.717) is 20.9 Å². The number of halogens is 2. The Morgan fingerprint density at radius 2 is 2.06 bits per heavy atom. The second-order valence-corrected chi connectivity index (χ2v) is 4.46. The van der Waals surface area contributed by atoms with Crippen molar-refractivity contribution in [1.29, 1.82) is 0 Å². The number of hydrogen-bond donors (Lipinski definition) is 3. The summed E-state index contributed by atoms with van der Waals surface area (Å²) in [7, 11) is 0. The summed E-state index contributed by atoms with van der Waals surface area (Å²) >= 11 is 16.9. The molecule has 1 aromatic rings. The molecule has 0 bridgehead atoms. The number of thiocarbonyl (C=S) groups is 1. The fourth-order valence-corrected chi connectivity index (χ4v) is 1.73. The Balaban J connectivity index is 2.64. The summed E-state index contributed by atoms with van der Waals surface area (Å²) in [5.74, 6) is 0. The predicted molar refractivity (Wildman–Crippen MR) is 78.0 cm³/mol. The predicted octanol–water partition coefficient (Wildman–Crippen LogP) is 2.95. The van der Waals surface area contributed by atoms with Gasteiger partial charge in [0.05, 0.1) is 10.7 Å².